The molecule has 0 amide bonds. The number of hydrogen-bond acceptors (Lipinski definition) is 7. The summed E-state index contributed by atoms with van der Waals surface area (Å²) in [4.78, 5) is 10.1. The van der Waals surface area contributed by atoms with Gasteiger partial charge in [0, 0.05) is 26.7 Å². The van der Waals surface area contributed by atoms with E-state index in [4.69, 9.17) is 4.74 Å². The van der Waals surface area contributed by atoms with Gasteiger partial charge in [-0.2, -0.15) is 4.31 Å². The van der Waals surface area contributed by atoms with Crippen molar-refractivity contribution >= 4 is 27.2 Å². The second kappa shape index (κ2) is 6.42. The van der Waals surface area contributed by atoms with E-state index < -0.39 is 10.0 Å². The maximum absolute atomic E-state index is 12.5. The van der Waals surface area contributed by atoms with Crippen LogP contribution in [0, 0.1) is 0 Å². The number of aromatic nitrogens is 2. The summed E-state index contributed by atoms with van der Waals surface area (Å²) < 4.78 is 32.6. The van der Waals surface area contributed by atoms with Gasteiger partial charge in [0.05, 0.1) is 6.54 Å². The van der Waals surface area contributed by atoms with Gasteiger partial charge in [0.25, 0.3) is 10.0 Å². The fourth-order valence-electron chi connectivity index (χ4n) is 2.36. The Labute approximate surface area is 139 Å². The lowest BCUT2D eigenvalue weighted by Crippen LogP contribution is -2.30. The van der Waals surface area contributed by atoms with Crippen molar-refractivity contribution in [3.8, 4) is 5.88 Å². The summed E-state index contributed by atoms with van der Waals surface area (Å²) in [5.41, 5.74) is 0. The molecule has 0 saturated carbocycles. The highest BCUT2D eigenvalue weighted by atomic mass is 32.2. The van der Waals surface area contributed by atoms with Gasteiger partial charge in [-0.05, 0) is 17.9 Å². The van der Waals surface area contributed by atoms with Gasteiger partial charge in [-0.3, -0.25) is 0 Å². The van der Waals surface area contributed by atoms with E-state index in [1.807, 2.05) is 19.0 Å². The van der Waals surface area contributed by atoms with Gasteiger partial charge in [-0.15, -0.1) is 11.3 Å². The molecule has 9 heteroatoms. The number of sulfonamides is 1. The molecule has 0 spiro atoms. The van der Waals surface area contributed by atoms with Gasteiger partial charge >= 0.3 is 0 Å². The summed E-state index contributed by atoms with van der Waals surface area (Å²) in [6, 6.07) is 5.11. The maximum atomic E-state index is 12.5. The quantitative estimate of drug-likeness (QED) is 0.809. The van der Waals surface area contributed by atoms with Crippen LogP contribution in [-0.2, 0) is 10.0 Å². The molecule has 1 aliphatic rings. The van der Waals surface area contributed by atoms with Crippen LogP contribution in [0.5, 0.6) is 5.88 Å². The van der Waals surface area contributed by atoms with Crippen molar-refractivity contribution < 1.29 is 13.2 Å². The molecule has 0 bridgehead atoms. The van der Waals surface area contributed by atoms with Crippen LogP contribution >= 0.6 is 11.3 Å². The van der Waals surface area contributed by atoms with Crippen molar-refractivity contribution in [3.63, 3.8) is 0 Å². The SMILES string of the molecule is CN(C)c1cc(O[C@H]2CCN(S(=O)(=O)c3cccs3)C2)ncn1. The molecule has 0 radical (unpaired) electrons. The Hall–Kier alpha value is -1.71. The van der Waals surface area contributed by atoms with Crippen molar-refractivity contribution in [2.45, 2.75) is 16.7 Å². The summed E-state index contributed by atoms with van der Waals surface area (Å²) in [7, 11) is 0.361. The molecule has 1 atom stereocenters. The zero-order valence-electron chi connectivity index (χ0n) is 12.9. The topological polar surface area (TPSA) is 75.6 Å². The molecule has 1 aliphatic heterocycles. The Bertz CT molecular complexity index is 762. The third-order valence-corrected chi connectivity index (χ3v) is 6.81. The smallest absolute Gasteiger partial charge is 0.252 e. The van der Waals surface area contributed by atoms with Gasteiger partial charge in [-0.25, -0.2) is 18.4 Å². The minimum atomic E-state index is -3.41. The average molecular weight is 354 g/mol. The van der Waals surface area contributed by atoms with E-state index in [0.717, 1.165) is 5.82 Å². The standard InChI is InChI=1S/C14H18N4O3S2/c1-17(2)12-8-13(16-10-15-12)21-11-5-6-18(9-11)23(19,20)14-4-3-7-22-14/h3-4,7-8,10-11H,5-6,9H2,1-2H3/t11-/m0/s1. The van der Waals surface area contributed by atoms with E-state index >= 15 is 0 Å². The second-order valence-corrected chi connectivity index (χ2v) is 8.55. The van der Waals surface area contributed by atoms with Crippen LogP contribution in [0.2, 0.25) is 0 Å². The van der Waals surface area contributed by atoms with E-state index in [0.29, 0.717) is 29.6 Å². The molecule has 3 rings (SSSR count). The molecule has 1 fully saturated rings. The number of anilines is 1. The summed E-state index contributed by atoms with van der Waals surface area (Å²) in [6.45, 7) is 0.790. The Morgan fingerprint density at radius 2 is 2.22 bits per heavy atom. The van der Waals surface area contributed by atoms with Crippen LogP contribution in [0.1, 0.15) is 6.42 Å². The molecule has 1 saturated heterocycles. The summed E-state index contributed by atoms with van der Waals surface area (Å²) in [5.74, 6) is 1.21. The largest absolute Gasteiger partial charge is 0.473 e. The lowest BCUT2D eigenvalue weighted by Gasteiger charge is -2.17. The third kappa shape index (κ3) is 3.46. The molecule has 124 valence electrons. The van der Waals surface area contributed by atoms with E-state index in [-0.39, 0.29) is 6.10 Å². The summed E-state index contributed by atoms with van der Waals surface area (Å²) >= 11 is 1.23. The zero-order valence-corrected chi connectivity index (χ0v) is 14.5. The van der Waals surface area contributed by atoms with Crippen LogP contribution in [0.25, 0.3) is 0 Å². The first kappa shape index (κ1) is 16.2. The highest BCUT2D eigenvalue weighted by molar-refractivity contribution is 7.91. The van der Waals surface area contributed by atoms with Crippen LogP contribution in [0.3, 0.4) is 0 Å². The fraction of sp³-hybridized carbons (Fsp3) is 0.429. The van der Waals surface area contributed by atoms with Crippen LogP contribution < -0.4 is 9.64 Å². The van der Waals surface area contributed by atoms with E-state index in [9.17, 15) is 8.42 Å². The van der Waals surface area contributed by atoms with E-state index in [1.165, 1.54) is 22.0 Å². The van der Waals surface area contributed by atoms with E-state index in [2.05, 4.69) is 9.97 Å². The Kier molecular flexibility index (Phi) is 4.51. The minimum Gasteiger partial charge on any atom is -0.473 e. The Morgan fingerprint density at radius 1 is 1.39 bits per heavy atom. The number of hydrogen-bond donors (Lipinski definition) is 0. The van der Waals surface area contributed by atoms with E-state index in [1.54, 1.807) is 23.6 Å². The molecule has 2 aromatic heterocycles. The molecule has 0 aromatic carbocycles. The minimum absolute atomic E-state index is 0.199. The first-order valence-electron chi connectivity index (χ1n) is 7.16. The molecule has 0 aliphatic carbocycles. The lowest BCUT2D eigenvalue weighted by molar-refractivity contribution is 0.206. The van der Waals surface area contributed by atoms with Crippen molar-refractivity contribution in [3.05, 3.63) is 29.9 Å². The maximum Gasteiger partial charge on any atom is 0.252 e. The first-order valence-corrected chi connectivity index (χ1v) is 9.48. The normalized spacial score (nSPS) is 19.0. The van der Waals surface area contributed by atoms with Crippen molar-refractivity contribution in [1.29, 1.82) is 0 Å². The number of ether oxygens (including phenoxy) is 1. The Balaban J connectivity index is 1.68. The van der Waals surface area contributed by atoms with Gasteiger partial charge in [0.2, 0.25) is 5.88 Å². The number of thiophene rings is 1. The van der Waals surface area contributed by atoms with Crippen LogP contribution in [-0.4, -0.2) is 56.0 Å². The molecule has 3 heterocycles. The highest BCUT2D eigenvalue weighted by Crippen LogP contribution is 2.26. The molecule has 0 N–H and O–H groups in total. The van der Waals surface area contributed by atoms with Crippen LogP contribution in [0.4, 0.5) is 5.82 Å². The Morgan fingerprint density at radius 3 is 2.91 bits per heavy atom. The van der Waals surface area contributed by atoms with Gasteiger partial charge in [0.1, 0.15) is 22.5 Å². The van der Waals surface area contributed by atoms with Crippen LogP contribution in [0.15, 0.2) is 34.1 Å². The zero-order chi connectivity index (χ0) is 16.4. The second-order valence-electron chi connectivity index (χ2n) is 5.43. The number of rotatable bonds is 5. The predicted octanol–water partition coefficient (Wildman–Crippen LogP) is 1.45. The molecular formula is C14H18N4O3S2. The average Bonchev–Trinajstić information content (AvgIpc) is 3.19. The molecule has 23 heavy (non-hydrogen) atoms. The molecule has 0 unspecified atom stereocenters. The van der Waals surface area contributed by atoms with Crippen molar-refractivity contribution in [2.24, 2.45) is 0 Å². The fourth-order valence-corrected chi connectivity index (χ4v) is 4.99. The highest BCUT2D eigenvalue weighted by Gasteiger charge is 2.34. The predicted molar refractivity (Wildman–Crippen MR) is 88.5 cm³/mol. The number of nitrogens with zero attached hydrogens (tertiary/aromatic N) is 4. The monoisotopic (exact) mass is 354 g/mol. The third-order valence-electron chi connectivity index (χ3n) is 3.57. The summed E-state index contributed by atoms with van der Waals surface area (Å²) in [6.07, 6.45) is 1.89. The van der Waals surface area contributed by atoms with Crippen molar-refractivity contribution in [2.75, 3.05) is 32.1 Å². The molecule has 7 nitrogen and oxygen atoms in total. The molecule has 2 aromatic rings. The molecular weight excluding hydrogens is 336 g/mol. The first-order chi connectivity index (χ1) is 11.0. The lowest BCUT2D eigenvalue weighted by atomic mass is 10.3. The van der Waals surface area contributed by atoms with Gasteiger partial charge < -0.3 is 9.64 Å². The van der Waals surface area contributed by atoms with Gasteiger partial charge in [0.15, 0.2) is 0 Å². The van der Waals surface area contributed by atoms with Gasteiger partial charge in [-0.1, -0.05) is 6.07 Å². The summed E-state index contributed by atoms with van der Waals surface area (Å²) in [5, 5.41) is 1.76. The van der Waals surface area contributed by atoms with Crippen molar-refractivity contribution in [1.82, 2.24) is 14.3 Å².